The quantitative estimate of drug-likeness (QED) is 0.665. The summed E-state index contributed by atoms with van der Waals surface area (Å²) in [6.07, 6.45) is 1.56. The summed E-state index contributed by atoms with van der Waals surface area (Å²) in [4.78, 5) is 24.0. The first kappa shape index (κ1) is 11.6. The Labute approximate surface area is 108 Å². The van der Waals surface area contributed by atoms with Gasteiger partial charge in [-0.1, -0.05) is 0 Å². The highest BCUT2D eigenvalue weighted by Crippen LogP contribution is 2.28. The molecule has 2 heterocycles. The number of carbonyl (C=O) groups is 2. The van der Waals surface area contributed by atoms with Crippen molar-refractivity contribution >= 4 is 17.4 Å². The molecule has 1 aliphatic heterocycles. The van der Waals surface area contributed by atoms with Gasteiger partial charge in [0.15, 0.2) is 5.76 Å². The fraction of sp³-hybridized carbons (Fsp3) is 0.143. The molecule has 96 valence electrons. The molecular formula is C14H10FNO3. The van der Waals surface area contributed by atoms with E-state index in [9.17, 15) is 14.0 Å². The number of halogens is 1. The van der Waals surface area contributed by atoms with Crippen molar-refractivity contribution in [2.75, 3.05) is 5.32 Å². The van der Waals surface area contributed by atoms with Crippen molar-refractivity contribution in [2.24, 2.45) is 5.92 Å². The summed E-state index contributed by atoms with van der Waals surface area (Å²) in [5.74, 6) is -1.91. The van der Waals surface area contributed by atoms with Crippen LogP contribution < -0.4 is 5.32 Å². The fourth-order valence-electron chi connectivity index (χ4n) is 2.19. The Bertz CT molecular complexity index is 649. The van der Waals surface area contributed by atoms with Gasteiger partial charge in [-0.05, 0) is 42.3 Å². The number of hydrogen-bond acceptors (Lipinski definition) is 3. The monoisotopic (exact) mass is 259 g/mol. The topological polar surface area (TPSA) is 59.3 Å². The Kier molecular flexibility index (Phi) is 2.67. The molecule has 1 aromatic heterocycles. The van der Waals surface area contributed by atoms with Gasteiger partial charge in [-0.2, -0.15) is 0 Å². The molecule has 0 saturated carbocycles. The van der Waals surface area contributed by atoms with Crippen molar-refractivity contribution in [3.8, 4) is 0 Å². The first-order chi connectivity index (χ1) is 9.15. The molecule has 19 heavy (non-hydrogen) atoms. The lowest BCUT2D eigenvalue weighted by molar-refractivity contribution is -0.118. The van der Waals surface area contributed by atoms with Crippen LogP contribution in [0.1, 0.15) is 16.1 Å². The first-order valence-electron chi connectivity index (χ1n) is 5.82. The minimum Gasteiger partial charge on any atom is -0.461 e. The molecule has 1 atom stereocenters. The van der Waals surface area contributed by atoms with Gasteiger partial charge in [-0.3, -0.25) is 9.59 Å². The second-order valence-corrected chi connectivity index (χ2v) is 4.39. The molecule has 4 nitrogen and oxygen atoms in total. The van der Waals surface area contributed by atoms with Crippen LogP contribution in [0, 0.1) is 11.7 Å². The van der Waals surface area contributed by atoms with Gasteiger partial charge in [0.2, 0.25) is 11.7 Å². The van der Waals surface area contributed by atoms with E-state index in [0.717, 1.165) is 0 Å². The van der Waals surface area contributed by atoms with E-state index in [4.69, 9.17) is 4.42 Å². The van der Waals surface area contributed by atoms with Crippen molar-refractivity contribution in [3.05, 3.63) is 53.7 Å². The van der Waals surface area contributed by atoms with E-state index in [-0.39, 0.29) is 23.9 Å². The number of furan rings is 1. The Hall–Kier alpha value is -2.43. The fourth-order valence-corrected chi connectivity index (χ4v) is 2.19. The number of ketones is 1. The molecule has 0 bridgehead atoms. The summed E-state index contributed by atoms with van der Waals surface area (Å²) >= 11 is 0. The molecule has 0 saturated heterocycles. The number of fused-ring (bicyclic) bond motifs is 1. The number of rotatable bonds is 2. The standard InChI is InChI=1S/C14H10FNO3/c15-9-3-4-11-8(6-9)7-10(14(18)16-11)13(17)12-2-1-5-19-12/h1-6,10H,7H2,(H,16,18). The Morgan fingerprint density at radius 3 is 2.95 bits per heavy atom. The zero-order valence-corrected chi connectivity index (χ0v) is 9.85. The van der Waals surface area contributed by atoms with Crippen LogP contribution in [0.2, 0.25) is 0 Å². The van der Waals surface area contributed by atoms with E-state index in [2.05, 4.69) is 5.32 Å². The maximum absolute atomic E-state index is 13.2. The van der Waals surface area contributed by atoms with Gasteiger partial charge in [0.1, 0.15) is 11.7 Å². The van der Waals surface area contributed by atoms with Crippen LogP contribution in [-0.4, -0.2) is 11.7 Å². The minimum absolute atomic E-state index is 0.139. The average molecular weight is 259 g/mol. The predicted octanol–water partition coefficient (Wildman–Crippen LogP) is 2.41. The van der Waals surface area contributed by atoms with Gasteiger partial charge in [-0.25, -0.2) is 4.39 Å². The number of carbonyl (C=O) groups excluding carboxylic acids is 2. The number of hydrogen-bond donors (Lipinski definition) is 1. The van der Waals surface area contributed by atoms with Crippen molar-refractivity contribution in [1.82, 2.24) is 0 Å². The van der Waals surface area contributed by atoms with Gasteiger partial charge in [0.05, 0.1) is 6.26 Å². The molecule has 5 heteroatoms. The van der Waals surface area contributed by atoms with E-state index in [1.54, 1.807) is 6.07 Å². The Morgan fingerprint density at radius 2 is 2.21 bits per heavy atom. The highest BCUT2D eigenvalue weighted by Gasteiger charge is 2.34. The SMILES string of the molecule is O=C1Nc2ccc(F)cc2CC1C(=O)c1ccco1. The molecule has 2 aromatic rings. The van der Waals surface area contributed by atoms with Crippen LogP contribution >= 0.6 is 0 Å². The Morgan fingerprint density at radius 1 is 1.37 bits per heavy atom. The third-order valence-corrected chi connectivity index (χ3v) is 3.15. The van der Waals surface area contributed by atoms with Crippen LogP contribution in [0.3, 0.4) is 0 Å². The number of amides is 1. The molecular weight excluding hydrogens is 249 g/mol. The lowest BCUT2D eigenvalue weighted by atomic mass is 9.89. The van der Waals surface area contributed by atoms with Gasteiger partial charge in [0.25, 0.3) is 0 Å². The van der Waals surface area contributed by atoms with Crippen LogP contribution in [-0.2, 0) is 11.2 Å². The zero-order valence-electron chi connectivity index (χ0n) is 9.85. The maximum atomic E-state index is 13.2. The molecule has 0 fully saturated rings. The number of anilines is 1. The second kappa shape index (κ2) is 4.35. The lowest BCUT2D eigenvalue weighted by Gasteiger charge is -2.23. The summed E-state index contributed by atoms with van der Waals surface area (Å²) in [5, 5.41) is 2.61. The molecule has 3 rings (SSSR count). The number of benzene rings is 1. The van der Waals surface area contributed by atoms with E-state index in [1.165, 1.54) is 30.5 Å². The summed E-state index contributed by atoms with van der Waals surface area (Å²) in [6, 6.07) is 7.19. The van der Waals surface area contributed by atoms with Crippen LogP contribution in [0.25, 0.3) is 0 Å². The highest BCUT2D eigenvalue weighted by atomic mass is 19.1. The van der Waals surface area contributed by atoms with Crippen LogP contribution in [0.4, 0.5) is 10.1 Å². The van der Waals surface area contributed by atoms with Gasteiger partial charge < -0.3 is 9.73 Å². The smallest absolute Gasteiger partial charge is 0.235 e. The van der Waals surface area contributed by atoms with Crippen molar-refractivity contribution in [1.29, 1.82) is 0 Å². The number of nitrogens with one attached hydrogen (secondary N) is 1. The van der Waals surface area contributed by atoms with Crippen LogP contribution in [0.15, 0.2) is 41.0 Å². The van der Waals surface area contributed by atoms with E-state index >= 15 is 0 Å². The Balaban J connectivity index is 1.93. The molecule has 1 amide bonds. The van der Waals surface area contributed by atoms with Crippen molar-refractivity contribution in [3.63, 3.8) is 0 Å². The summed E-state index contributed by atoms with van der Waals surface area (Å²) in [7, 11) is 0. The molecule has 1 N–H and O–H groups in total. The molecule has 0 radical (unpaired) electrons. The normalized spacial score (nSPS) is 17.7. The average Bonchev–Trinajstić information content (AvgIpc) is 2.91. The maximum Gasteiger partial charge on any atom is 0.235 e. The summed E-state index contributed by atoms with van der Waals surface area (Å²) in [6.45, 7) is 0. The molecule has 1 aromatic carbocycles. The van der Waals surface area contributed by atoms with Gasteiger partial charge in [0, 0.05) is 5.69 Å². The molecule has 1 unspecified atom stereocenters. The third-order valence-electron chi connectivity index (χ3n) is 3.15. The summed E-state index contributed by atoms with van der Waals surface area (Å²) < 4.78 is 18.2. The second-order valence-electron chi connectivity index (χ2n) is 4.39. The van der Waals surface area contributed by atoms with E-state index in [1.807, 2.05) is 0 Å². The predicted molar refractivity (Wildman–Crippen MR) is 65.3 cm³/mol. The van der Waals surface area contributed by atoms with E-state index < -0.39 is 11.7 Å². The van der Waals surface area contributed by atoms with Crippen LogP contribution in [0.5, 0.6) is 0 Å². The first-order valence-corrected chi connectivity index (χ1v) is 5.82. The number of Topliss-reactive ketones (excluding diaryl/α,β-unsaturated/α-hetero) is 1. The minimum atomic E-state index is -0.875. The largest absolute Gasteiger partial charge is 0.461 e. The third kappa shape index (κ3) is 2.03. The molecule has 0 aliphatic carbocycles. The van der Waals surface area contributed by atoms with Gasteiger partial charge >= 0.3 is 0 Å². The zero-order chi connectivity index (χ0) is 13.4. The van der Waals surface area contributed by atoms with E-state index in [0.29, 0.717) is 11.3 Å². The molecule has 0 spiro atoms. The lowest BCUT2D eigenvalue weighted by Crippen LogP contribution is -2.35. The highest BCUT2D eigenvalue weighted by molar-refractivity contribution is 6.14. The molecule has 1 aliphatic rings. The van der Waals surface area contributed by atoms with Crippen molar-refractivity contribution < 1.29 is 18.4 Å². The van der Waals surface area contributed by atoms with Crippen molar-refractivity contribution in [2.45, 2.75) is 6.42 Å². The summed E-state index contributed by atoms with van der Waals surface area (Å²) in [5.41, 5.74) is 1.17. The van der Waals surface area contributed by atoms with Gasteiger partial charge in [-0.15, -0.1) is 0 Å².